The van der Waals surface area contributed by atoms with Crippen LogP contribution in [-0.2, 0) is 6.54 Å². The molecule has 0 aliphatic carbocycles. The van der Waals surface area contributed by atoms with E-state index in [4.69, 9.17) is 0 Å². The molecule has 3 aromatic rings. The van der Waals surface area contributed by atoms with Crippen LogP contribution in [0, 0.1) is 13.8 Å². The molecule has 4 heteroatoms. The predicted octanol–water partition coefficient (Wildman–Crippen LogP) is 3.59. The van der Waals surface area contributed by atoms with Crippen molar-refractivity contribution in [2.75, 3.05) is 0 Å². The normalized spacial score (nSPS) is 10.5. The highest BCUT2D eigenvalue weighted by Crippen LogP contribution is 2.16. The van der Waals surface area contributed by atoms with Crippen LogP contribution in [0.15, 0.2) is 65.5 Å². The lowest BCUT2D eigenvalue weighted by molar-refractivity contribution is 0.0949. The lowest BCUT2D eigenvalue weighted by Crippen LogP contribution is -2.29. The van der Waals surface area contributed by atoms with Crippen molar-refractivity contribution in [2.24, 2.45) is 0 Å². The molecule has 3 rings (SSSR count). The van der Waals surface area contributed by atoms with E-state index in [0.29, 0.717) is 12.2 Å². The lowest BCUT2D eigenvalue weighted by atomic mass is 10.1. The van der Waals surface area contributed by atoms with Crippen LogP contribution in [0.4, 0.5) is 0 Å². The lowest BCUT2D eigenvalue weighted by Gasteiger charge is -2.07. The first kappa shape index (κ1) is 16.7. The number of H-pyrrole nitrogens is 1. The van der Waals surface area contributed by atoms with E-state index in [2.05, 4.69) is 10.3 Å². The minimum atomic E-state index is -0.389. The van der Waals surface area contributed by atoms with Crippen molar-refractivity contribution >= 4 is 5.91 Å². The molecule has 2 aromatic carbocycles. The first-order chi connectivity index (χ1) is 12.0. The number of carbonyl (C=O) groups is 1. The van der Waals surface area contributed by atoms with Gasteiger partial charge in [-0.25, -0.2) is 0 Å². The molecule has 1 heterocycles. The van der Waals surface area contributed by atoms with Crippen molar-refractivity contribution in [1.82, 2.24) is 10.3 Å². The minimum absolute atomic E-state index is 0.114. The van der Waals surface area contributed by atoms with E-state index in [9.17, 15) is 9.59 Å². The van der Waals surface area contributed by atoms with Gasteiger partial charge in [-0.1, -0.05) is 59.7 Å². The molecule has 0 aliphatic rings. The van der Waals surface area contributed by atoms with Gasteiger partial charge in [0, 0.05) is 12.2 Å². The van der Waals surface area contributed by atoms with Crippen LogP contribution >= 0.6 is 0 Å². The van der Waals surface area contributed by atoms with E-state index in [-0.39, 0.29) is 17.0 Å². The Labute approximate surface area is 146 Å². The Morgan fingerprint density at radius 2 is 1.48 bits per heavy atom. The standard InChI is InChI=1S/C21H20N2O2/c1-14-3-7-16(8-4-14)13-22-20(24)18-11-12-19(23-21(18)25)17-9-5-15(2)6-10-17/h3-12H,13H2,1-2H3,(H,22,24)(H,23,25). The summed E-state index contributed by atoms with van der Waals surface area (Å²) in [6, 6.07) is 19.1. The van der Waals surface area contributed by atoms with Gasteiger partial charge in [-0.05, 0) is 37.1 Å². The summed E-state index contributed by atoms with van der Waals surface area (Å²) in [6.07, 6.45) is 0. The van der Waals surface area contributed by atoms with Crippen LogP contribution in [0.25, 0.3) is 11.3 Å². The Bertz CT molecular complexity index is 939. The number of hydrogen-bond donors (Lipinski definition) is 2. The van der Waals surface area contributed by atoms with Crippen LogP contribution in [0.5, 0.6) is 0 Å². The van der Waals surface area contributed by atoms with Gasteiger partial charge < -0.3 is 10.3 Å². The molecule has 25 heavy (non-hydrogen) atoms. The summed E-state index contributed by atoms with van der Waals surface area (Å²) < 4.78 is 0. The van der Waals surface area contributed by atoms with Crippen LogP contribution < -0.4 is 10.9 Å². The predicted molar refractivity (Wildman–Crippen MR) is 99.6 cm³/mol. The highest BCUT2D eigenvalue weighted by molar-refractivity contribution is 5.94. The Balaban J connectivity index is 1.73. The molecule has 0 saturated heterocycles. The molecule has 2 N–H and O–H groups in total. The third kappa shape index (κ3) is 4.04. The maximum Gasteiger partial charge on any atom is 0.261 e. The Hall–Kier alpha value is -3.14. The summed E-state index contributed by atoms with van der Waals surface area (Å²) in [6.45, 7) is 4.41. The van der Waals surface area contributed by atoms with Crippen LogP contribution in [0.1, 0.15) is 27.0 Å². The van der Waals surface area contributed by atoms with Gasteiger partial charge in [0.05, 0.1) is 0 Å². The van der Waals surface area contributed by atoms with Crippen molar-refractivity contribution < 1.29 is 4.79 Å². The minimum Gasteiger partial charge on any atom is -0.348 e. The van der Waals surface area contributed by atoms with Crippen molar-refractivity contribution in [3.8, 4) is 11.3 Å². The molecular weight excluding hydrogens is 312 g/mol. The average molecular weight is 332 g/mol. The Morgan fingerprint density at radius 3 is 2.08 bits per heavy atom. The highest BCUT2D eigenvalue weighted by atomic mass is 16.2. The number of benzene rings is 2. The summed E-state index contributed by atoms with van der Waals surface area (Å²) in [5.74, 6) is -0.378. The molecule has 0 aliphatic heterocycles. The van der Waals surface area contributed by atoms with Gasteiger partial charge in [-0.3, -0.25) is 9.59 Å². The first-order valence-electron chi connectivity index (χ1n) is 8.17. The van der Waals surface area contributed by atoms with Crippen LogP contribution in [0.3, 0.4) is 0 Å². The van der Waals surface area contributed by atoms with Crippen molar-refractivity contribution in [2.45, 2.75) is 20.4 Å². The van der Waals surface area contributed by atoms with Gasteiger partial charge in [-0.2, -0.15) is 0 Å². The van der Waals surface area contributed by atoms with E-state index in [1.54, 1.807) is 12.1 Å². The van der Waals surface area contributed by atoms with Crippen molar-refractivity contribution in [3.63, 3.8) is 0 Å². The number of aryl methyl sites for hydroxylation is 2. The third-order valence-corrected chi connectivity index (χ3v) is 4.09. The molecule has 0 spiro atoms. The molecule has 0 radical (unpaired) electrons. The number of rotatable bonds is 4. The zero-order chi connectivity index (χ0) is 17.8. The number of pyridine rings is 1. The average Bonchev–Trinajstić information content (AvgIpc) is 2.61. The SMILES string of the molecule is Cc1ccc(CNC(=O)c2ccc(-c3ccc(C)cc3)[nH]c2=O)cc1. The van der Waals surface area contributed by atoms with Crippen molar-refractivity contribution in [3.05, 3.63) is 93.3 Å². The number of aromatic nitrogens is 1. The van der Waals surface area contributed by atoms with E-state index in [1.807, 2.05) is 62.4 Å². The third-order valence-electron chi connectivity index (χ3n) is 4.09. The summed E-state index contributed by atoms with van der Waals surface area (Å²) in [7, 11) is 0. The molecule has 4 nitrogen and oxygen atoms in total. The molecule has 0 saturated carbocycles. The quantitative estimate of drug-likeness (QED) is 0.767. The number of amides is 1. The van der Waals surface area contributed by atoms with E-state index < -0.39 is 0 Å². The van der Waals surface area contributed by atoms with Gasteiger partial charge in [0.2, 0.25) is 0 Å². The van der Waals surface area contributed by atoms with Gasteiger partial charge in [0.25, 0.3) is 11.5 Å². The first-order valence-corrected chi connectivity index (χ1v) is 8.17. The van der Waals surface area contributed by atoms with Crippen LogP contribution in [0.2, 0.25) is 0 Å². The monoisotopic (exact) mass is 332 g/mol. The van der Waals surface area contributed by atoms with Gasteiger partial charge in [0.1, 0.15) is 5.56 Å². The number of carbonyl (C=O) groups excluding carboxylic acids is 1. The second kappa shape index (κ2) is 7.18. The molecule has 0 atom stereocenters. The van der Waals surface area contributed by atoms with Crippen molar-refractivity contribution in [1.29, 1.82) is 0 Å². The molecule has 126 valence electrons. The second-order valence-electron chi connectivity index (χ2n) is 6.15. The molecule has 1 aromatic heterocycles. The fraction of sp³-hybridized carbons (Fsp3) is 0.143. The molecular formula is C21H20N2O2. The smallest absolute Gasteiger partial charge is 0.261 e. The Morgan fingerprint density at radius 1 is 0.880 bits per heavy atom. The number of aromatic amines is 1. The maximum atomic E-state index is 12.3. The Kier molecular flexibility index (Phi) is 4.80. The zero-order valence-electron chi connectivity index (χ0n) is 14.3. The highest BCUT2D eigenvalue weighted by Gasteiger charge is 2.11. The van der Waals surface area contributed by atoms with E-state index >= 15 is 0 Å². The van der Waals surface area contributed by atoms with Gasteiger partial charge in [-0.15, -0.1) is 0 Å². The summed E-state index contributed by atoms with van der Waals surface area (Å²) >= 11 is 0. The molecule has 0 fully saturated rings. The number of hydrogen-bond acceptors (Lipinski definition) is 2. The van der Waals surface area contributed by atoms with Crippen LogP contribution in [-0.4, -0.2) is 10.9 Å². The zero-order valence-corrected chi connectivity index (χ0v) is 14.3. The van der Waals surface area contributed by atoms with Gasteiger partial charge in [0.15, 0.2) is 0 Å². The largest absolute Gasteiger partial charge is 0.348 e. The van der Waals surface area contributed by atoms with E-state index in [1.165, 1.54) is 5.56 Å². The molecule has 1 amide bonds. The summed E-state index contributed by atoms with van der Waals surface area (Å²) in [5.41, 5.74) is 4.64. The topological polar surface area (TPSA) is 62.0 Å². The van der Waals surface area contributed by atoms with E-state index in [0.717, 1.165) is 16.7 Å². The fourth-order valence-electron chi connectivity index (χ4n) is 2.54. The summed E-state index contributed by atoms with van der Waals surface area (Å²) in [5, 5.41) is 2.78. The summed E-state index contributed by atoms with van der Waals surface area (Å²) in [4.78, 5) is 27.3. The molecule has 0 bridgehead atoms. The fourth-order valence-corrected chi connectivity index (χ4v) is 2.54. The second-order valence-corrected chi connectivity index (χ2v) is 6.15. The van der Waals surface area contributed by atoms with Gasteiger partial charge >= 0.3 is 0 Å². The number of nitrogens with one attached hydrogen (secondary N) is 2. The molecule has 0 unspecified atom stereocenters. The maximum absolute atomic E-state index is 12.3.